The van der Waals surface area contributed by atoms with E-state index in [2.05, 4.69) is 49.3 Å². The number of hydrogen-bond donors (Lipinski definition) is 4. The number of allylic oxidation sites excluding steroid dienone is 4. The molecule has 1 aromatic carbocycles. The highest BCUT2D eigenvalue weighted by atomic mass is 19.2. The molecule has 42 heavy (non-hydrogen) atoms. The number of nitrogens with one attached hydrogen (secondary N) is 2. The summed E-state index contributed by atoms with van der Waals surface area (Å²) < 4.78 is 31.4. The van der Waals surface area contributed by atoms with E-state index in [1.165, 1.54) is 20.4 Å². The number of rotatable bonds is 11. The largest absolute Gasteiger partial charge is 0.466 e. The number of imide groups is 1. The lowest BCUT2D eigenvalue weighted by Gasteiger charge is -2.28. The van der Waals surface area contributed by atoms with Crippen molar-refractivity contribution < 1.29 is 32.7 Å². The van der Waals surface area contributed by atoms with E-state index >= 15 is 0 Å². The van der Waals surface area contributed by atoms with Gasteiger partial charge in [-0.3, -0.25) is 9.69 Å². The predicted octanol–water partition coefficient (Wildman–Crippen LogP) is 4.26. The second kappa shape index (κ2) is 24.5. The quantitative estimate of drug-likeness (QED) is 0.128. The first-order valence-corrected chi connectivity index (χ1v) is 13.0. The molecule has 0 heterocycles. The molecule has 0 aliphatic heterocycles. The van der Waals surface area contributed by atoms with Crippen LogP contribution in [0.5, 0.6) is 0 Å². The Morgan fingerprint density at radius 1 is 1.14 bits per heavy atom. The number of benzene rings is 1. The standard InChI is InChI=1S/C15H17F2N3O4.C11H20N2.C3H8.CH2O/c1-8(18)12(14(22)24-3)13(20(7-21)15(23)19-2)9-4-5-10(16)11(17)6-9;1-5-11(12)8-10(3)9(2)6-7-13-4;1-3-2;1-2/h4-7,13H,18H2,1-3H3,(H,19,23);5,8-9,13H,1,3,6-7,12H2,2,4H3;3H2,1-2H3;1H2/b12-8+;11-8+;;. The van der Waals surface area contributed by atoms with Crippen molar-refractivity contribution in [2.24, 2.45) is 17.4 Å². The number of ether oxygens (including phenoxy) is 1. The van der Waals surface area contributed by atoms with Gasteiger partial charge in [0.1, 0.15) is 12.8 Å². The van der Waals surface area contributed by atoms with Crippen molar-refractivity contribution in [2.45, 2.75) is 46.6 Å². The zero-order valence-corrected chi connectivity index (χ0v) is 25.8. The highest BCUT2D eigenvalue weighted by Crippen LogP contribution is 2.31. The van der Waals surface area contributed by atoms with Crippen molar-refractivity contribution in [1.82, 2.24) is 15.5 Å². The van der Waals surface area contributed by atoms with Gasteiger partial charge in [-0.2, -0.15) is 0 Å². The molecule has 1 rings (SSSR count). The van der Waals surface area contributed by atoms with Gasteiger partial charge in [0.05, 0.1) is 12.7 Å². The Hall–Kier alpha value is -4.32. The molecule has 0 fully saturated rings. The van der Waals surface area contributed by atoms with E-state index in [-0.39, 0.29) is 23.2 Å². The summed E-state index contributed by atoms with van der Waals surface area (Å²) in [7, 11) is 4.29. The number of nitrogens with two attached hydrogens (primary N) is 2. The molecular formula is C30H47F2N5O5. The number of urea groups is 1. The normalized spacial score (nSPS) is 12.1. The zero-order valence-electron chi connectivity index (χ0n) is 25.8. The van der Waals surface area contributed by atoms with Crippen LogP contribution in [0, 0.1) is 17.6 Å². The van der Waals surface area contributed by atoms with Crippen LogP contribution in [-0.2, 0) is 19.1 Å². The third-order valence-electron chi connectivity index (χ3n) is 5.25. The lowest BCUT2D eigenvalue weighted by Crippen LogP contribution is -2.42. The molecule has 236 valence electrons. The van der Waals surface area contributed by atoms with E-state index in [1.54, 1.807) is 6.08 Å². The van der Waals surface area contributed by atoms with Crippen LogP contribution in [0.3, 0.4) is 0 Å². The lowest BCUT2D eigenvalue weighted by molar-refractivity contribution is -0.137. The van der Waals surface area contributed by atoms with E-state index in [0.29, 0.717) is 16.5 Å². The van der Waals surface area contributed by atoms with Crippen LogP contribution in [0.1, 0.15) is 52.1 Å². The van der Waals surface area contributed by atoms with E-state index < -0.39 is 29.7 Å². The zero-order chi connectivity index (χ0) is 33.4. The molecule has 0 aliphatic carbocycles. The molecule has 6 N–H and O–H groups in total. The van der Waals surface area contributed by atoms with Crippen LogP contribution in [0.25, 0.3) is 0 Å². The molecule has 10 nitrogen and oxygen atoms in total. The Balaban J connectivity index is -0.000000711. The van der Waals surface area contributed by atoms with E-state index in [0.717, 1.165) is 43.8 Å². The summed E-state index contributed by atoms with van der Waals surface area (Å²) in [4.78, 5) is 44.0. The Labute approximate surface area is 248 Å². The number of esters is 1. The number of carbonyl (C=O) groups is 4. The molecule has 0 aromatic heterocycles. The highest BCUT2D eigenvalue weighted by molar-refractivity contribution is 5.94. The molecule has 2 atom stereocenters. The molecule has 12 heteroatoms. The Morgan fingerprint density at radius 3 is 2.07 bits per heavy atom. The Kier molecular flexibility index (Phi) is 24.6. The van der Waals surface area contributed by atoms with Crippen molar-refractivity contribution in [1.29, 1.82) is 0 Å². The van der Waals surface area contributed by atoms with Gasteiger partial charge in [-0.15, -0.1) is 0 Å². The number of carbonyl (C=O) groups excluding carboxylic acids is 4. The van der Waals surface area contributed by atoms with E-state index in [9.17, 15) is 23.2 Å². The van der Waals surface area contributed by atoms with Crippen LogP contribution in [0.4, 0.5) is 13.6 Å². The summed E-state index contributed by atoms with van der Waals surface area (Å²) in [5, 5.41) is 5.32. The van der Waals surface area contributed by atoms with E-state index in [4.69, 9.17) is 16.3 Å². The second-order valence-corrected chi connectivity index (χ2v) is 8.66. The summed E-state index contributed by atoms with van der Waals surface area (Å²) in [5.74, 6) is -2.78. The molecule has 0 bridgehead atoms. The number of hydrogen-bond acceptors (Lipinski definition) is 8. The van der Waals surface area contributed by atoms with Crippen LogP contribution in [0.15, 0.2) is 66.0 Å². The third-order valence-corrected chi connectivity index (χ3v) is 5.25. The fourth-order valence-corrected chi connectivity index (χ4v) is 3.06. The van der Waals surface area contributed by atoms with Gasteiger partial charge in [-0.25, -0.2) is 18.4 Å². The van der Waals surface area contributed by atoms with Crippen LogP contribution in [-0.4, -0.2) is 57.8 Å². The number of halogens is 2. The molecule has 0 aliphatic rings. The minimum Gasteiger partial charge on any atom is -0.466 e. The fourth-order valence-electron chi connectivity index (χ4n) is 3.06. The number of methoxy groups -OCH3 is 1. The van der Waals surface area contributed by atoms with Crippen LogP contribution in [0.2, 0.25) is 0 Å². The van der Waals surface area contributed by atoms with Gasteiger partial charge >= 0.3 is 12.0 Å². The van der Waals surface area contributed by atoms with Gasteiger partial charge < -0.3 is 31.6 Å². The van der Waals surface area contributed by atoms with Gasteiger partial charge in [0.25, 0.3) is 0 Å². The minimum atomic E-state index is -1.39. The van der Waals surface area contributed by atoms with Gasteiger partial charge in [-0.1, -0.05) is 52.0 Å². The maximum absolute atomic E-state index is 13.6. The summed E-state index contributed by atoms with van der Waals surface area (Å²) in [6.45, 7) is 18.3. The Morgan fingerprint density at radius 2 is 1.69 bits per heavy atom. The summed E-state index contributed by atoms with van der Waals surface area (Å²) in [6.07, 6.45) is 6.00. The molecule has 0 spiro atoms. The topological polar surface area (TPSA) is 157 Å². The molecule has 0 radical (unpaired) electrons. The maximum Gasteiger partial charge on any atom is 0.337 e. The SMILES string of the molecule is C=C/C(N)=C\C(=C)C(C)CCNC.C=O.CCC.CNC(=O)N(C=O)C(/C(C(=O)OC)=C(/C)N)c1ccc(F)c(F)c1. The lowest BCUT2D eigenvalue weighted by atomic mass is 9.95. The van der Waals surface area contributed by atoms with Gasteiger partial charge in [-0.05, 0) is 62.7 Å². The average molecular weight is 596 g/mol. The second-order valence-electron chi connectivity index (χ2n) is 8.66. The summed E-state index contributed by atoms with van der Waals surface area (Å²) in [5.41, 5.74) is 12.7. The van der Waals surface area contributed by atoms with Gasteiger partial charge in [0, 0.05) is 18.4 Å². The monoisotopic (exact) mass is 595 g/mol. The first kappa shape index (κ1) is 42.2. The minimum absolute atomic E-state index is 0.0326. The van der Waals surface area contributed by atoms with Crippen molar-refractivity contribution >= 4 is 25.2 Å². The summed E-state index contributed by atoms with van der Waals surface area (Å²) >= 11 is 0. The van der Waals surface area contributed by atoms with Gasteiger partial charge in [0.2, 0.25) is 6.41 Å². The van der Waals surface area contributed by atoms with Crippen molar-refractivity contribution in [3.63, 3.8) is 0 Å². The fraction of sp³-hybridized carbons (Fsp3) is 0.400. The van der Waals surface area contributed by atoms with E-state index in [1.807, 2.05) is 19.9 Å². The highest BCUT2D eigenvalue weighted by Gasteiger charge is 2.34. The van der Waals surface area contributed by atoms with Crippen molar-refractivity contribution in [3.05, 3.63) is 83.2 Å². The molecule has 0 saturated carbocycles. The number of nitrogens with zero attached hydrogens (tertiary/aromatic N) is 1. The third kappa shape index (κ3) is 15.5. The molecule has 0 saturated heterocycles. The van der Waals surface area contributed by atoms with Gasteiger partial charge in [0.15, 0.2) is 11.6 Å². The van der Waals surface area contributed by atoms with Crippen LogP contribution >= 0.6 is 0 Å². The average Bonchev–Trinajstić information content (AvgIpc) is 2.98. The Bertz CT molecular complexity index is 1070. The molecule has 1 aromatic rings. The molecule has 2 unspecified atom stereocenters. The smallest absolute Gasteiger partial charge is 0.337 e. The first-order valence-electron chi connectivity index (χ1n) is 13.0. The molecular weight excluding hydrogens is 548 g/mol. The van der Waals surface area contributed by atoms with Crippen molar-refractivity contribution in [3.8, 4) is 0 Å². The molecule has 3 amide bonds. The first-order chi connectivity index (χ1) is 19.8. The van der Waals surface area contributed by atoms with Crippen molar-refractivity contribution in [2.75, 3.05) is 27.7 Å². The maximum atomic E-state index is 13.6. The summed E-state index contributed by atoms with van der Waals surface area (Å²) in [6, 6.07) is 0.447. The predicted molar refractivity (Wildman–Crippen MR) is 163 cm³/mol. The van der Waals surface area contributed by atoms with Crippen LogP contribution < -0.4 is 22.1 Å². The number of amides is 3.